The highest BCUT2D eigenvalue weighted by Gasteiger charge is 2.21. The summed E-state index contributed by atoms with van der Waals surface area (Å²) in [5.41, 5.74) is 3.62. The van der Waals surface area contributed by atoms with E-state index in [1.54, 1.807) is 20.3 Å². The van der Waals surface area contributed by atoms with Crippen molar-refractivity contribution in [1.82, 2.24) is 4.57 Å². The van der Waals surface area contributed by atoms with Gasteiger partial charge in [-0.25, -0.2) is 4.79 Å². The van der Waals surface area contributed by atoms with Gasteiger partial charge in [0, 0.05) is 11.3 Å². The highest BCUT2D eigenvalue weighted by atomic mass is 17.2. The number of carbonyl (C=O) groups is 1. The fourth-order valence-corrected chi connectivity index (χ4v) is 3.44. The van der Waals surface area contributed by atoms with Crippen molar-refractivity contribution >= 4 is 5.97 Å². The van der Waals surface area contributed by atoms with Gasteiger partial charge in [0.1, 0.15) is 23.8 Å². The monoisotopic (exact) mass is 429 g/mol. The number of hydrogen-bond donors (Lipinski definition) is 0. The van der Waals surface area contributed by atoms with Gasteiger partial charge < -0.3 is 14.0 Å². The summed E-state index contributed by atoms with van der Waals surface area (Å²) >= 11 is 0. The first-order chi connectivity index (χ1) is 15.7. The molecule has 0 unspecified atom stereocenters. The molecule has 6 heteroatoms. The van der Waals surface area contributed by atoms with Crippen LogP contribution in [-0.4, -0.2) is 24.8 Å². The Labute approximate surface area is 186 Å². The summed E-state index contributed by atoms with van der Waals surface area (Å²) in [7, 11) is 3.23. The molecule has 0 saturated heterocycles. The third-order valence-electron chi connectivity index (χ3n) is 5.01. The van der Waals surface area contributed by atoms with Crippen LogP contribution in [0.5, 0.6) is 11.5 Å². The van der Waals surface area contributed by atoms with Crippen molar-refractivity contribution < 1.29 is 24.0 Å². The predicted molar refractivity (Wildman–Crippen MR) is 121 cm³/mol. The fourth-order valence-electron chi connectivity index (χ4n) is 3.44. The van der Waals surface area contributed by atoms with Gasteiger partial charge in [-0.2, -0.15) is 4.89 Å². The van der Waals surface area contributed by atoms with E-state index in [-0.39, 0.29) is 6.61 Å². The molecule has 0 amide bonds. The molecule has 0 aliphatic carbocycles. The number of aromatic nitrogens is 1. The molecule has 0 radical (unpaired) electrons. The van der Waals surface area contributed by atoms with E-state index in [4.69, 9.17) is 19.2 Å². The molecule has 4 rings (SSSR count). The van der Waals surface area contributed by atoms with E-state index in [9.17, 15) is 4.79 Å². The molecule has 1 aromatic heterocycles. The van der Waals surface area contributed by atoms with Crippen molar-refractivity contribution in [2.75, 3.05) is 14.2 Å². The Bertz CT molecular complexity index is 1180. The van der Waals surface area contributed by atoms with E-state index >= 15 is 0 Å². The number of benzene rings is 3. The number of carbonyl (C=O) groups excluding carboxylic acids is 1. The second-order valence-electron chi connectivity index (χ2n) is 6.96. The van der Waals surface area contributed by atoms with Crippen molar-refractivity contribution in [1.29, 1.82) is 0 Å². The van der Waals surface area contributed by atoms with Gasteiger partial charge in [-0.3, -0.25) is 4.89 Å². The Morgan fingerprint density at radius 2 is 1.50 bits per heavy atom. The molecule has 1 heterocycles. The van der Waals surface area contributed by atoms with Gasteiger partial charge in [-0.1, -0.05) is 42.5 Å². The maximum absolute atomic E-state index is 12.9. The van der Waals surface area contributed by atoms with Crippen LogP contribution in [0.3, 0.4) is 0 Å². The van der Waals surface area contributed by atoms with Gasteiger partial charge in [0.2, 0.25) is 0 Å². The lowest BCUT2D eigenvalue weighted by Gasteiger charge is -2.15. The minimum atomic E-state index is -0.599. The zero-order valence-electron chi connectivity index (χ0n) is 17.9. The summed E-state index contributed by atoms with van der Waals surface area (Å²) in [4.78, 5) is 23.3. The zero-order valence-corrected chi connectivity index (χ0v) is 17.9. The van der Waals surface area contributed by atoms with Crippen LogP contribution in [-0.2, 0) is 16.4 Å². The number of para-hydroxylation sites is 1. The predicted octanol–water partition coefficient (Wildman–Crippen LogP) is 5.45. The van der Waals surface area contributed by atoms with Gasteiger partial charge in [0.05, 0.1) is 19.9 Å². The first kappa shape index (κ1) is 21.2. The average Bonchev–Trinajstić information content (AvgIpc) is 3.30. The maximum atomic E-state index is 12.9. The van der Waals surface area contributed by atoms with Crippen LogP contribution in [0, 0.1) is 0 Å². The molecular formula is C26H23NO5. The summed E-state index contributed by atoms with van der Waals surface area (Å²) in [6.07, 6.45) is 0. The number of hydrogen-bond acceptors (Lipinski definition) is 5. The molecule has 162 valence electrons. The molecule has 0 spiro atoms. The van der Waals surface area contributed by atoms with E-state index in [1.165, 1.54) is 0 Å². The lowest BCUT2D eigenvalue weighted by atomic mass is 10.1. The van der Waals surface area contributed by atoms with Crippen molar-refractivity contribution in [2.24, 2.45) is 0 Å². The van der Waals surface area contributed by atoms with Gasteiger partial charge in [0.25, 0.3) is 0 Å². The summed E-state index contributed by atoms with van der Waals surface area (Å²) < 4.78 is 12.6. The molecule has 4 aromatic rings. The smallest absolute Gasteiger partial charge is 0.389 e. The van der Waals surface area contributed by atoms with Gasteiger partial charge in [0.15, 0.2) is 0 Å². The standard InChI is InChI=1S/C26H23NO5/c1-29-21-14-12-20(13-15-21)27-23(22-10-6-7-11-25(22)30-2)16-17-24(27)26(28)32-31-18-19-8-4-3-5-9-19/h3-17H,18H2,1-2H3. The third-order valence-corrected chi connectivity index (χ3v) is 5.01. The first-order valence-electron chi connectivity index (χ1n) is 10.1. The quantitative estimate of drug-likeness (QED) is 0.275. The van der Waals surface area contributed by atoms with Gasteiger partial charge >= 0.3 is 5.97 Å². The normalized spacial score (nSPS) is 10.6. The number of ether oxygens (including phenoxy) is 2. The van der Waals surface area contributed by atoms with E-state index in [1.807, 2.05) is 89.5 Å². The van der Waals surface area contributed by atoms with Crippen molar-refractivity contribution in [2.45, 2.75) is 6.61 Å². The molecule has 0 atom stereocenters. The van der Waals surface area contributed by atoms with Crippen LogP contribution in [0.1, 0.15) is 16.1 Å². The van der Waals surface area contributed by atoms with Crippen LogP contribution in [0.2, 0.25) is 0 Å². The topological polar surface area (TPSA) is 58.9 Å². The molecule has 0 N–H and O–H groups in total. The van der Waals surface area contributed by atoms with E-state index in [0.717, 1.165) is 28.3 Å². The third kappa shape index (κ3) is 4.50. The molecule has 3 aromatic carbocycles. The van der Waals surface area contributed by atoms with E-state index in [0.29, 0.717) is 11.4 Å². The first-order valence-corrected chi connectivity index (χ1v) is 10.1. The van der Waals surface area contributed by atoms with Crippen molar-refractivity contribution in [3.8, 4) is 28.4 Å². The second-order valence-corrected chi connectivity index (χ2v) is 6.96. The summed E-state index contributed by atoms with van der Waals surface area (Å²) in [6.45, 7) is 0.162. The van der Waals surface area contributed by atoms with E-state index in [2.05, 4.69) is 0 Å². The molecule has 0 aliphatic heterocycles. The second kappa shape index (κ2) is 9.85. The summed E-state index contributed by atoms with van der Waals surface area (Å²) in [6, 6.07) is 28.1. The molecule has 0 saturated carbocycles. The highest BCUT2D eigenvalue weighted by molar-refractivity contribution is 5.90. The van der Waals surface area contributed by atoms with E-state index < -0.39 is 5.97 Å². The number of nitrogens with zero attached hydrogens (tertiary/aromatic N) is 1. The fraction of sp³-hybridized carbons (Fsp3) is 0.115. The minimum Gasteiger partial charge on any atom is -0.497 e. The summed E-state index contributed by atoms with van der Waals surface area (Å²) in [5, 5.41) is 0. The Kier molecular flexibility index (Phi) is 6.53. The molecule has 0 aliphatic rings. The molecule has 6 nitrogen and oxygen atoms in total. The van der Waals surface area contributed by atoms with Gasteiger partial charge in [-0.05, 0) is 54.1 Å². The van der Waals surface area contributed by atoms with Crippen LogP contribution in [0.25, 0.3) is 16.9 Å². The molecule has 0 bridgehead atoms. The maximum Gasteiger partial charge on any atom is 0.389 e. The zero-order chi connectivity index (χ0) is 22.3. The lowest BCUT2D eigenvalue weighted by molar-refractivity contribution is -0.251. The largest absolute Gasteiger partial charge is 0.497 e. The summed E-state index contributed by atoms with van der Waals surface area (Å²) in [5.74, 6) is 0.813. The Morgan fingerprint density at radius 1 is 0.781 bits per heavy atom. The van der Waals surface area contributed by atoms with Crippen molar-refractivity contribution in [3.63, 3.8) is 0 Å². The molecule has 32 heavy (non-hydrogen) atoms. The SMILES string of the molecule is COc1ccc(-n2c(C(=O)OOCc3ccccc3)ccc2-c2ccccc2OC)cc1. The average molecular weight is 429 g/mol. The van der Waals surface area contributed by atoms with Crippen LogP contribution in [0.4, 0.5) is 0 Å². The van der Waals surface area contributed by atoms with Crippen LogP contribution in [0.15, 0.2) is 91.0 Å². The Morgan fingerprint density at radius 3 is 2.22 bits per heavy atom. The number of rotatable bonds is 8. The highest BCUT2D eigenvalue weighted by Crippen LogP contribution is 2.34. The molecular weight excluding hydrogens is 406 g/mol. The number of methoxy groups -OCH3 is 2. The van der Waals surface area contributed by atoms with Gasteiger partial charge in [-0.15, -0.1) is 0 Å². The lowest BCUT2D eigenvalue weighted by Crippen LogP contribution is -2.12. The van der Waals surface area contributed by atoms with Crippen LogP contribution >= 0.6 is 0 Å². The Hall–Kier alpha value is -4.03. The molecule has 0 fully saturated rings. The Balaban J connectivity index is 1.68. The van der Waals surface area contributed by atoms with Crippen molar-refractivity contribution in [3.05, 3.63) is 102 Å². The minimum absolute atomic E-state index is 0.162. The van der Waals surface area contributed by atoms with Crippen LogP contribution < -0.4 is 9.47 Å².